The third-order valence-electron chi connectivity index (χ3n) is 3.57. The number of rotatable bonds is 1. The molecule has 132 valence electrons. The second-order valence-electron chi connectivity index (χ2n) is 6.77. The van der Waals surface area contributed by atoms with Crippen LogP contribution in [0.2, 0.25) is 0 Å². The van der Waals surface area contributed by atoms with Crippen molar-refractivity contribution in [1.29, 1.82) is 0 Å². The number of amides is 1. The van der Waals surface area contributed by atoms with Crippen LogP contribution in [0.25, 0.3) is 21.8 Å². The molecule has 3 aromatic rings. The molecule has 0 radical (unpaired) electrons. The normalized spacial score (nSPS) is 12.6. The van der Waals surface area contributed by atoms with Crippen LogP contribution in [0.5, 0.6) is 0 Å². The number of aromatic amines is 1. The molecule has 2 N–H and O–H groups in total. The van der Waals surface area contributed by atoms with Gasteiger partial charge in [-0.05, 0) is 45.0 Å². The summed E-state index contributed by atoms with van der Waals surface area (Å²) in [5, 5.41) is 4.07. The van der Waals surface area contributed by atoms with Gasteiger partial charge in [0.2, 0.25) is 0 Å². The first kappa shape index (κ1) is 17.1. The van der Waals surface area contributed by atoms with Crippen molar-refractivity contribution in [3.05, 3.63) is 42.0 Å². The summed E-state index contributed by atoms with van der Waals surface area (Å²) in [6.07, 6.45) is -4.99. The van der Waals surface area contributed by atoms with Crippen molar-refractivity contribution in [1.82, 2.24) is 4.98 Å². The average molecular weight is 350 g/mol. The molecule has 0 saturated heterocycles. The Morgan fingerprint density at radius 2 is 1.60 bits per heavy atom. The Balaban J connectivity index is 1.95. The van der Waals surface area contributed by atoms with E-state index in [1.165, 1.54) is 6.07 Å². The zero-order valence-corrected chi connectivity index (χ0v) is 13.9. The van der Waals surface area contributed by atoms with Gasteiger partial charge in [-0.25, -0.2) is 4.79 Å². The molecule has 0 aliphatic rings. The fraction of sp³-hybridized carbons (Fsp3) is 0.278. The van der Waals surface area contributed by atoms with E-state index in [4.69, 9.17) is 4.74 Å². The van der Waals surface area contributed by atoms with Crippen molar-refractivity contribution in [3.8, 4) is 0 Å². The van der Waals surface area contributed by atoms with Crippen LogP contribution < -0.4 is 5.32 Å². The van der Waals surface area contributed by atoms with Crippen LogP contribution >= 0.6 is 0 Å². The van der Waals surface area contributed by atoms with Crippen LogP contribution in [0.1, 0.15) is 26.3 Å². The van der Waals surface area contributed by atoms with Gasteiger partial charge >= 0.3 is 12.3 Å². The fourth-order valence-electron chi connectivity index (χ4n) is 2.59. The largest absolute Gasteiger partial charge is 0.444 e. The highest BCUT2D eigenvalue weighted by molar-refractivity contribution is 6.08. The minimum atomic E-state index is -4.39. The summed E-state index contributed by atoms with van der Waals surface area (Å²) in [4.78, 5) is 14.8. The molecule has 0 spiro atoms. The third kappa shape index (κ3) is 3.70. The molecule has 0 bridgehead atoms. The summed E-state index contributed by atoms with van der Waals surface area (Å²) in [6.45, 7) is 5.27. The fourth-order valence-corrected chi connectivity index (χ4v) is 2.59. The van der Waals surface area contributed by atoms with Crippen molar-refractivity contribution in [2.45, 2.75) is 32.5 Å². The van der Waals surface area contributed by atoms with Crippen molar-refractivity contribution in [2.24, 2.45) is 0 Å². The number of benzene rings is 2. The number of alkyl halides is 3. The first-order valence-corrected chi connectivity index (χ1v) is 7.66. The van der Waals surface area contributed by atoms with Gasteiger partial charge in [0.05, 0.1) is 5.56 Å². The van der Waals surface area contributed by atoms with E-state index in [0.29, 0.717) is 22.1 Å². The Labute approximate surface area is 142 Å². The van der Waals surface area contributed by atoms with E-state index in [1.54, 1.807) is 39.0 Å². The van der Waals surface area contributed by atoms with Crippen molar-refractivity contribution in [3.63, 3.8) is 0 Å². The highest BCUT2D eigenvalue weighted by Crippen LogP contribution is 2.34. The summed E-state index contributed by atoms with van der Waals surface area (Å²) in [5.41, 5.74) is 0.175. The number of hydrogen-bond acceptors (Lipinski definition) is 2. The number of halogens is 3. The molecular weight excluding hydrogens is 333 g/mol. The van der Waals surface area contributed by atoms with Crippen molar-refractivity contribution in [2.75, 3.05) is 5.32 Å². The summed E-state index contributed by atoms with van der Waals surface area (Å²) in [6, 6.07) is 8.66. The Hall–Kier alpha value is -2.70. The smallest absolute Gasteiger partial charge is 0.416 e. The predicted octanol–water partition coefficient (Wildman–Crippen LogP) is 5.69. The van der Waals surface area contributed by atoms with E-state index < -0.39 is 23.4 Å². The SMILES string of the molecule is CC(C)(C)OC(=O)Nc1ccc2c(c1)[nH]c1cc(C(F)(F)F)ccc12. The van der Waals surface area contributed by atoms with Gasteiger partial charge in [0.15, 0.2) is 0 Å². The number of anilines is 1. The maximum absolute atomic E-state index is 12.8. The molecule has 0 fully saturated rings. The molecule has 1 aromatic heterocycles. The van der Waals surface area contributed by atoms with Crippen LogP contribution in [0.4, 0.5) is 23.7 Å². The van der Waals surface area contributed by atoms with Gasteiger partial charge in [-0.2, -0.15) is 13.2 Å². The van der Waals surface area contributed by atoms with Crippen molar-refractivity contribution < 1.29 is 22.7 Å². The molecule has 0 unspecified atom stereocenters. The second kappa shape index (κ2) is 5.68. The number of fused-ring (bicyclic) bond motifs is 3. The summed E-state index contributed by atoms with van der Waals surface area (Å²) in [7, 11) is 0. The summed E-state index contributed by atoms with van der Waals surface area (Å²) in [5.74, 6) is 0. The van der Waals surface area contributed by atoms with Crippen LogP contribution in [0.15, 0.2) is 36.4 Å². The van der Waals surface area contributed by atoms with Crippen LogP contribution in [-0.4, -0.2) is 16.7 Å². The highest BCUT2D eigenvalue weighted by atomic mass is 19.4. The first-order chi connectivity index (χ1) is 11.5. The van der Waals surface area contributed by atoms with E-state index in [0.717, 1.165) is 17.5 Å². The molecule has 0 aliphatic heterocycles. The lowest BCUT2D eigenvalue weighted by molar-refractivity contribution is -0.137. The second-order valence-corrected chi connectivity index (χ2v) is 6.77. The van der Waals surface area contributed by atoms with Gasteiger partial charge in [-0.1, -0.05) is 12.1 Å². The minimum Gasteiger partial charge on any atom is -0.444 e. The maximum Gasteiger partial charge on any atom is 0.416 e. The van der Waals surface area contributed by atoms with E-state index in [1.807, 2.05) is 0 Å². The number of H-pyrrole nitrogens is 1. The molecule has 2 aromatic carbocycles. The first-order valence-electron chi connectivity index (χ1n) is 7.66. The molecule has 0 atom stereocenters. The quantitative estimate of drug-likeness (QED) is 0.593. The zero-order valence-electron chi connectivity index (χ0n) is 13.9. The van der Waals surface area contributed by atoms with Gasteiger partial charge in [-0.15, -0.1) is 0 Å². The molecule has 1 amide bonds. The number of carbonyl (C=O) groups is 1. The van der Waals surface area contributed by atoms with Gasteiger partial charge in [0, 0.05) is 27.5 Å². The van der Waals surface area contributed by atoms with Crippen LogP contribution in [0, 0.1) is 0 Å². The lowest BCUT2D eigenvalue weighted by Crippen LogP contribution is -2.27. The molecule has 4 nitrogen and oxygen atoms in total. The Kier molecular flexibility index (Phi) is 3.89. The Morgan fingerprint density at radius 3 is 2.20 bits per heavy atom. The monoisotopic (exact) mass is 350 g/mol. The average Bonchev–Trinajstić information content (AvgIpc) is 2.80. The Morgan fingerprint density at radius 1 is 1.00 bits per heavy atom. The number of carbonyl (C=O) groups excluding carboxylic acids is 1. The lowest BCUT2D eigenvalue weighted by atomic mass is 10.1. The maximum atomic E-state index is 12.8. The van der Waals surface area contributed by atoms with E-state index >= 15 is 0 Å². The topological polar surface area (TPSA) is 54.1 Å². The summed E-state index contributed by atoms with van der Waals surface area (Å²) < 4.78 is 43.7. The van der Waals surface area contributed by atoms with Crippen molar-refractivity contribution >= 4 is 33.6 Å². The van der Waals surface area contributed by atoms with Crippen LogP contribution in [-0.2, 0) is 10.9 Å². The lowest BCUT2D eigenvalue weighted by Gasteiger charge is -2.19. The predicted molar refractivity (Wildman–Crippen MR) is 90.7 cm³/mol. The van der Waals surface area contributed by atoms with Gasteiger partial charge < -0.3 is 9.72 Å². The minimum absolute atomic E-state index is 0.388. The van der Waals surface area contributed by atoms with Gasteiger partial charge in [0.1, 0.15) is 5.60 Å². The van der Waals surface area contributed by atoms with E-state index in [9.17, 15) is 18.0 Å². The van der Waals surface area contributed by atoms with Gasteiger partial charge in [0.25, 0.3) is 0 Å². The molecule has 3 rings (SSSR count). The Bertz CT molecular complexity index is 952. The molecule has 1 heterocycles. The number of nitrogens with one attached hydrogen (secondary N) is 2. The van der Waals surface area contributed by atoms with E-state index in [2.05, 4.69) is 10.3 Å². The third-order valence-corrected chi connectivity index (χ3v) is 3.57. The van der Waals surface area contributed by atoms with Crippen LogP contribution in [0.3, 0.4) is 0 Å². The van der Waals surface area contributed by atoms with Gasteiger partial charge in [-0.3, -0.25) is 5.32 Å². The summed E-state index contributed by atoms with van der Waals surface area (Å²) >= 11 is 0. The number of aromatic nitrogens is 1. The molecule has 7 heteroatoms. The zero-order chi connectivity index (χ0) is 18.4. The number of hydrogen-bond donors (Lipinski definition) is 2. The number of ether oxygens (including phenoxy) is 1. The standard InChI is InChI=1S/C18H17F3N2O2/c1-17(2,3)25-16(24)22-11-5-7-13-12-6-4-10(18(19,20)21)8-14(12)23-15(13)9-11/h4-9,23H,1-3H3,(H,22,24). The molecule has 0 aliphatic carbocycles. The molecule has 25 heavy (non-hydrogen) atoms. The van der Waals surface area contributed by atoms with E-state index in [-0.39, 0.29) is 0 Å². The molecule has 0 saturated carbocycles. The highest BCUT2D eigenvalue weighted by Gasteiger charge is 2.30. The molecular formula is C18H17F3N2O2.